The van der Waals surface area contributed by atoms with Crippen LogP contribution in [0.4, 0.5) is 5.69 Å². The number of nitrogens with zero attached hydrogens (tertiary/aromatic N) is 4. The SMILES string of the molecule is CCc1nn(C)cc1C(=O)N(C)c1cccc(C#N)c1. The third-order valence-corrected chi connectivity index (χ3v) is 3.14. The molecule has 2 aromatic rings. The highest BCUT2D eigenvalue weighted by Gasteiger charge is 2.19. The average molecular weight is 268 g/mol. The number of carbonyl (C=O) groups excluding carboxylic acids is 1. The first-order valence-corrected chi connectivity index (χ1v) is 6.37. The van der Waals surface area contributed by atoms with Crippen LogP contribution in [0.25, 0.3) is 0 Å². The zero-order valence-corrected chi connectivity index (χ0v) is 11.8. The fourth-order valence-electron chi connectivity index (χ4n) is 2.06. The Bertz CT molecular complexity index is 681. The third kappa shape index (κ3) is 2.54. The Hall–Kier alpha value is -2.61. The first-order chi connectivity index (χ1) is 9.56. The van der Waals surface area contributed by atoms with E-state index in [1.54, 1.807) is 49.2 Å². The van der Waals surface area contributed by atoms with Crippen molar-refractivity contribution in [2.75, 3.05) is 11.9 Å². The van der Waals surface area contributed by atoms with Gasteiger partial charge in [0.15, 0.2) is 0 Å². The van der Waals surface area contributed by atoms with Gasteiger partial charge in [-0.1, -0.05) is 13.0 Å². The predicted molar refractivity (Wildman–Crippen MR) is 76.5 cm³/mol. The molecule has 1 amide bonds. The molecular weight excluding hydrogens is 252 g/mol. The molecule has 0 radical (unpaired) electrons. The Kier molecular flexibility index (Phi) is 3.85. The molecule has 0 saturated heterocycles. The van der Waals surface area contributed by atoms with E-state index in [4.69, 9.17) is 5.26 Å². The summed E-state index contributed by atoms with van der Waals surface area (Å²) < 4.78 is 1.64. The second kappa shape index (κ2) is 5.57. The summed E-state index contributed by atoms with van der Waals surface area (Å²) >= 11 is 0. The standard InChI is InChI=1S/C15H16N4O/c1-4-14-13(10-18(2)17-14)15(20)19(3)12-7-5-6-11(8-12)9-16/h5-8,10H,4H2,1-3H3. The Balaban J connectivity index is 2.34. The van der Waals surface area contributed by atoms with Crippen molar-refractivity contribution in [3.63, 3.8) is 0 Å². The number of aromatic nitrogens is 2. The topological polar surface area (TPSA) is 61.9 Å². The highest BCUT2D eigenvalue weighted by Crippen LogP contribution is 2.18. The van der Waals surface area contributed by atoms with Crippen LogP contribution in [0.2, 0.25) is 0 Å². The highest BCUT2D eigenvalue weighted by molar-refractivity contribution is 6.06. The minimum absolute atomic E-state index is 0.120. The van der Waals surface area contributed by atoms with Crippen LogP contribution in [0.3, 0.4) is 0 Å². The van der Waals surface area contributed by atoms with Crippen molar-refractivity contribution in [3.05, 3.63) is 47.3 Å². The number of benzene rings is 1. The van der Waals surface area contributed by atoms with Gasteiger partial charge in [0.25, 0.3) is 5.91 Å². The molecular formula is C15H16N4O. The molecule has 0 aliphatic rings. The van der Waals surface area contributed by atoms with E-state index in [1.165, 1.54) is 4.90 Å². The van der Waals surface area contributed by atoms with Gasteiger partial charge < -0.3 is 4.90 Å². The predicted octanol–water partition coefficient (Wildman–Crippen LogP) is 2.13. The lowest BCUT2D eigenvalue weighted by atomic mass is 10.1. The van der Waals surface area contributed by atoms with Gasteiger partial charge in [0.05, 0.1) is 22.9 Å². The van der Waals surface area contributed by atoms with Crippen molar-refractivity contribution in [1.82, 2.24) is 9.78 Å². The molecule has 0 unspecified atom stereocenters. The van der Waals surface area contributed by atoms with Crippen LogP contribution < -0.4 is 4.90 Å². The Morgan fingerprint density at radius 3 is 2.90 bits per heavy atom. The van der Waals surface area contributed by atoms with Crippen LogP contribution in [-0.4, -0.2) is 22.7 Å². The van der Waals surface area contributed by atoms with Gasteiger partial charge >= 0.3 is 0 Å². The number of nitriles is 1. The van der Waals surface area contributed by atoms with E-state index < -0.39 is 0 Å². The van der Waals surface area contributed by atoms with E-state index in [0.717, 1.165) is 5.69 Å². The van der Waals surface area contributed by atoms with Crippen molar-refractivity contribution in [3.8, 4) is 6.07 Å². The molecule has 0 saturated carbocycles. The van der Waals surface area contributed by atoms with Gasteiger partial charge in [0, 0.05) is 26.0 Å². The first-order valence-electron chi connectivity index (χ1n) is 6.37. The fraction of sp³-hybridized carbons (Fsp3) is 0.267. The van der Waals surface area contributed by atoms with Crippen LogP contribution in [-0.2, 0) is 13.5 Å². The Labute approximate surface area is 118 Å². The molecule has 5 heteroatoms. The lowest BCUT2D eigenvalue weighted by Gasteiger charge is -2.17. The molecule has 20 heavy (non-hydrogen) atoms. The molecule has 102 valence electrons. The van der Waals surface area contributed by atoms with Crippen LogP contribution >= 0.6 is 0 Å². The molecule has 1 aromatic heterocycles. The zero-order chi connectivity index (χ0) is 14.7. The number of hydrogen-bond donors (Lipinski definition) is 0. The lowest BCUT2D eigenvalue weighted by Crippen LogP contribution is -2.26. The molecule has 0 atom stereocenters. The molecule has 0 aliphatic carbocycles. The fourth-order valence-corrected chi connectivity index (χ4v) is 2.06. The lowest BCUT2D eigenvalue weighted by molar-refractivity contribution is 0.0992. The summed E-state index contributed by atoms with van der Waals surface area (Å²) in [6.07, 6.45) is 2.43. The van der Waals surface area contributed by atoms with Gasteiger partial charge in [-0.15, -0.1) is 0 Å². The normalized spacial score (nSPS) is 10.1. The van der Waals surface area contributed by atoms with Crippen molar-refractivity contribution < 1.29 is 4.79 Å². The smallest absolute Gasteiger partial charge is 0.261 e. The van der Waals surface area contributed by atoms with E-state index in [-0.39, 0.29) is 5.91 Å². The monoisotopic (exact) mass is 268 g/mol. The van der Waals surface area contributed by atoms with Crippen LogP contribution in [0.15, 0.2) is 30.5 Å². The number of aryl methyl sites for hydroxylation is 2. The quantitative estimate of drug-likeness (QED) is 0.856. The van der Waals surface area contributed by atoms with Crippen molar-refractivity contribution >= 4 is 11.6 Å². The van der Waals surface area contributed by atoms with E-state index >= 15 is 0 Å². The van der Waals surface area contributed by atoms with Crippen LogP contribution in [0.1, 0.15) is 28.5 Å². The van der Waals surface area contributed by atoms with Crippen molar-refractivity contribution in [2.24, 2.45) is 7.05 Å². The van der Waals surface area contributed by atoms with Gasteiger partial charge in [-0.05, 0) is 24.6 Å². The van der Waals surface area contributed by atoms with Gasteiger partial charge in [-0.25, -0.2) is 0 Å². The molecule has 2 rings (SSSR count). The summed E-state index contributed by atoms with van der Waals surface area (Å²) in [4.78, 5) is 14.1. The second-order valence-corrected chi connectivity index (χ2v) is 4.54. The second-order valence-electron chi connectivity index (χ2n) is 4.54. The third-order valence-electron chi connectivity index (χ3n) is 3.14. The van der Waals surface area contributed by atoms with Gasteiger partial charge in [-0.2, -0.15) is 10.4 Å². The Morgan fingerprint density at radius 2 is 2.25 bits per heavy atom. The van der Waals surface area contributed by atoms with Crippen molar-refractivity contribution in [1.29, 1.82) is 5.26 Å². The zero-order valence-electron chi connectivity index (χ0n) is 11.8. The molecule has 1 heterocycles. The molecule has 0 bridgehead atoms. The summed E-state index contributed by atoms with van der Waals surface area (Å²) in [6, 6.07) is 9.05. The number of carbonyl (C=O) groups is 1. The van der Waals surface area contributed by atoms with Crippen molar-refractivity contribution in [2.45, 2.75) is 13.3 Å². The minimum Gasteiger partial charge on any atom is -0.311 e. The molecule has 1 aromatic carbocycles. The van der Waals surface area contributed by atoms with E-state index in [1.807, 2.05) is 6.92 Å². The van der Waals surface area contributed by atoms with E-state index in [0.29, 0.717) is 23.2 Å². The molecule has 0 fully saturated rings. The minimum atomic E-state index is -0.120. The molecule has 0 N–H and O–H groups in total. The number of hydrogen-bond acceptors (Lipinski definition) is 3. The maximum absolute atomic E-state index is 12.5. The van der Waals surface area contributed by atoms with Gasteiger partial charge in [-0.3, -0.25) is 9.48 Å². The maximum Gasteiger partial charge on any atom is 0.261 e. The summed E-state index contributed by atoms with van der Waals surface area (Å²) in [7, 11) is 3.50. The summed E-state index contributed by atoms with van der Waals surface area (Å²) in [5.41, 5.74) is 2.60. The first kappa shape index (κ1) is 13.8. The highest BCUT2D eigenvalue weighted by atomic mass is 16.2. The molecule has 0 aliphatic heterocycles. The maximum atomic E-state index is 12.5. The average Bonchev–Trinajstić information content (AvgIpc) is 2.86. The van der Waals surface area contributed by atoms with E-state index in [9.17, 15) is 4.79 Å². The largest absolute Gasteiger partial charge is 0.311 e. The van der Waals surface area contributed by atoms with Gasteiger partial charge in [0.1, 0.15) is 0 Å². The summed E-state index contributed by atoms with van der Waals surface area (Å²) in [6.45, 7) is 1.97. The van der Waals surface area contributed by atoms with Crippen LogP contribution in [0, 0.1) is 11.3 Å². The summed E-state index contributed by atoms with van der Waals surface area (Å²) in [5.74, 6) is -0.120. The summed E-state index contributed by atoms with van der Waals surface area (Å²) in [5, 5.41) is 13.2. The van der Waals surface area contributed by atoms with E-state index in [2.05, 4.69) is 11.2 Å². The number of rotatable bonds is 3. The van der Waals surface area contributed by atoms with Crippen LogP contribution in [0.5, 0.6) is 0 Å². The molecule has 5 nitrogen and oxygen atoms in total. The number of anilines is 1. The number of amides is 1. The van der Waals surface area contributed by atoms with Gasteiger partial charge in [0.2, 0.25) is 0 Å². The molecule has 0 spiro atoms. The Morgan fingerprint density at radius 1 is 1.50 bits per heavy atom.